The highest BCUT2D eigenvalue weighted by Gasteiger charge is 2.35. The van der Waals surface area contributed by atoms with Gasteiger partial charge < -0.3 is 5.32 Å². The number of thioether (sulfide) groups is 1. The van der Waals surface area contributed by atoms with Crippen molar-refractivity contribution in [3.63, 3.8) is 0 Å². The minimum Gasteiger partial charge on any atom is -0.354 e. The highest BCUT2D eigenvalue weighted by Crippen LogP contribution is 2.32. The average molecular weight is 330 g/mol. The normalized spacial score (nSPS) is 19.5. The van der Waals surface area contributed by atoms with E-state index in [1.54, 1.807) is 6.08 Å². The first kappa shape index (κ1) is 15.8. The topological polar surface area (TPSA) is 66.5 Å². The van der Waals surface area contributed by atoms with E-state index in [0.29, 0.717) is 11.4 Å². The van der Waals surface area contributed by atoms with Crippen LogP contribution in [-0.4, -0.2) is 35.0 Å². The quantitative estimate of drug-likeness (QED) is 0.843. The molecule has 2 fully saturated rings. The molecule has 0 aromatic heterocycles. The Bertz CT molecular complexity index is 678. The molecule has 0 atom stereocenters. The van der Waals surface area contributed by atoms with Crippen molar-refractivity contribution in [2.24, 2.45) is 5.92 Å². The lowest BCUT2D eigenvalue weighted by molar-refractivity contribution is -0.124. The largest absolute Gasteiger partial charge is 0.354 e. The summed E-state index contributed by atoms with van der Waals surface area (Å²) >= 11 is 0.944. The molecule has 120 valence electrons. The van der Waals surface area contributed by atoms with Crippen molar-refractivity contribution in [3.8, 4) is 0 Å². The van der Waals surface area contributed by atoms with Crippen LogP contribution in [0.15, 0.2) is 29.2 Å². The maximum atomic E-state index is 12.3. The molecular formula is C17H18N2O3S. The molecule has 23 heavy (non-hydrogen) atoms. The third-order valence-corrected chi connectivity index (χ3v) is 4.74. The smallest absolute Gasteiger partial charge is 0.293 e. The average Bonchev–Trinajstić information content (AvgIpc) is 3.33. The molecule has 3 amide bonds. The minimum atomic E-state index is -0.291. The van der Waals surface area contributed by atoms with E-state index in [1.807, 2.05) is 31.2 Å². The Morgan fingerprint density at radius 3 is 2.65 bits per heavy atom. The fraction of sp³-hybridized carbons (Fsp3) is 0.353. The third kappa shape index (κ3) is 3.82. The van der Waals surface area contributed by atoms with Crippen molar-refractivity contribution in [1.82, 2.24) is 10.2 Å². The number of amides is 3. The number of carbonyl (C=O) groups is 3. The van der Waals surface area contributed by atoms with E-state index in [-0.39, 0.29) is 29.5 Å². The molecular weight excluding hydrogens is 312 g/mol. The standard InChI is InChI=1S/C17H18N2O3S/c1-11-2-4-12(5-3-11)10-14-16(21)19(17(22)23-14)9-8-18-15(20)13-6-7-13/h2-5,10,13H,6-9H2,1H3,(H,18,20)/b14-10-. The number of hydrogen-bond donors (Lipinski definition) is 1. The van der Waals surface area contributed by atoms with Gasteiger partial charge >= 0.3 is 0 Å². The van der Waals surface area contributed by atoms with Gasteiger partial charge in [-0.05, 0) is 43.2 Å². The lowest BCUT2D eigenvalue weighted by atomic mass is 10.1. The number of aryl methyl sites for hydroxylation is 1. The van der Waals surface area contributed by atoms with Crippen LogP contribution in [-0.2, 0) is 9.59 Å². The number of carbonyl (C=O) groups excluding carboxylic acids is 3. The van der Waals surface area contributed by atoms with Crippen molar-refractivity contribution in [3.05, 3.63) is 40.3 Å². The van der Waals surface area contributed by atoms with Crippen LogP contribution in [0.5, 0.6) is 0 Å². The molecule has 1 saturated carbocycles. The van der Waals surface area contributed by atoms with Crippen molar-refractivity contribution in [2.45, 2.75) is 19.8 Å². The molecule has 3 rings (SSSR count). The van der Waals surface area contributed by atoms with Crippen LogP contribution < -0.4 is 5.32 Å². The third-order valence-electron chi connectivity index (χ3n) is 3.83. The van der Waals surface area contributed by atoms with Crippen LogP contribution in [0.4, 0.5) is 4.79 Å². The SMILES string of the molecule is Cc1ccc(/C=C2\SC(=O)N(CCNC(=O)C3CC3)C2=O)cc1. The second kappa shape index (κ2) is 6.58. The van der Waals surface area contributed by atoms with Gasteiger partial charge in [-0.1, -0.05) is 29.8 Å². The molecule has 1 aromatic carbocycles. The number of benzene rings is 1. The van der Waals surface area contributed by atoms with E-state index in [2.05, 4.69) is 5.32 Å². The van der Waals surface area contributed by atoms with E-state index in [9.17, 15) is 14.4 Å². The lowest BCUT2D eigenvalue weighted by Gasteiger charge is -2.12. The molecule has 1 aromatic rings. The summed E-state index contributed by atoms with van der Waals surface area (Å²) in [7, 11) is 0. The number of nitrogens with one attached hydrogen (secondary N) is 1. The predicted molar refractivity (Wildman–Crippen MR) is 89.6 cm³/mol. The summed E-state index contributed by atoms with van der Waals surface area (Å²) in [5.74, 6) is -0.139. The Morgan fingerprint density at radius 2 is 2.00 bits per heavy atom. The summed E-state index contributed by atoms with van der Waals surface area (Å²) in [6, 6.07) is 7.76. The van der Waals surface area contributed by atoms with Crippen LogP contribution >= 0.6 is 11.8 Å². The summed E-state index contributed by atoms with van der Waals surface area (Å²) in [4.78, 5) is 37.5. The van der Waals surface area contributed by atoms with Gasteiger partial charge in [0.15, 0.2) is 0 Å². The predicted octanol–water partition coefficient (Wildman–Crippen LogP) is 2.56. The zero-order valence-electron chi connectivity index (χ0n) is 12.9. The molecule has 0 spiro atoms. The zero-order valence-corrected chi connectivity index (χ0v) is 13.7. The van der Waals surface area contributed by atoms with E-state index in [4.69, 9.17) is 0 Å². The summed E-state index contributed by atoms with van der Waals surface area (Å²) < 4.78 is 0. The van der Waals surface area contributed by atoms with E-state index < -0.39 is 0 Å². The lowest BCUT2D eigenvalue weighted by Crippen LogP contribution is -2.37. The maximum Gasteiger partial charge on any atom is 0.293 e. The molecule has 1 aliphatic heterocycles. The van der Waals surface area contributed by atoms with Crippen LogP contribution in [0.25, 0.3) is 6.08 Å². The Labute approximate surface area is 139 Å². The Balaban J connectivity index is 1.60. The van der Waals surface area contributed by atoms with E-state index in [1.165, 1.54) is 4.90 Å². The highest BCUT2D eigenvalue weighted by molar-refractivity contribution is 8.18. The number of imide groups is 1. The Kier molecular flexibility index (Phi) is 4.52. The minimum absolute atomic E-state index is 0.0205. The van der Waals surface area contributed by atoms with Gasteiger partial charge in [-0.3, -0.25) is 19.3 Å². The molecule has 2 aliphatic rings. The maximum absolute atomic E-state index is 12.3. The monoisotopic (exact) mass is 330 g/mol. The highest BCUT2D eigenvalue weighted by atomic mass is 32.2. The second-order valence-corrected chi connectivity index (χ2v) is 6.80. The summed E-state index contributed by atoms with van der Waals surface area (Å²) in [5.41, 5.74) is 2.03. The summed E-state index contributed by atoms with van der Waals surface area (Å²) in [6.45, 7) is 2.52. The zero-order chi connectivity index (χ0) is 16.4. The first-order valence-electron chi connectivity index (χ1n) is 7.64. The van der Waals surface area contributed by atoms with Crippen molar-refractivity contribution < 1.29 is 14.4 Å². The molecule has 0 radical (unpaired) electrons. The second-order valence-electron chi connectivity index (χ2n) is 5.81. The van der Waals surface area contributed by atoms with Gasteiger partial charge in [-0.2, -0.15) is 0 Å². The molecule has 1 N–H and O–H groups in total. The number of hydrogen-bond acceptors (Lipinski definition) is 4. The number of rotatable bonds is 5. The van der Waals surface area contributed by atoms with E-state index in [0.717, 1.165) is 35.7 Å². The molecule has 1 saturated heterocycles. The first-order chi connectivity index (χ1) is 11.0. The van der Waals surface area contributed by atoms with E-state index >= 15 is 0 Å². The van der Waals surface area contributed by atoms with Gasteiger partial charge in [0.1, 0.15) is 0 Å². The van der Waals surface area contributed by atoms with Crippen LogP contribution in [0.2, 0.25) is 0 Å². The molecule has 1 aliphatic carbocycles. The van der Waals surface area contributed by atoms with Gasteiger partial charge in [0, 0.05) is 19.0 Å². The fourth-order valence-corrected chi connectivity index (χ4v) is 3.15. The molecule has 6 heteroatoms. The van der Waals surface area contributed by atoms with Crippen LogP contribution in [0.3, 0.4) is 0 Å². The van der Waals surface area contributed by atoms with Crippen molar-refractivity contribution >= 4 is 34.9 Å². The van der Waals surface area contributed by atoms with Crippen molar-refractivity contribution in [2.75, 3.05) is 13.1 Å². The van der Waals surface area contributed by atoms with Crippen LogP contribution in [0.1, 0.15) is 24.0 Å². The van der Waals surface area contributed by atoms with Gasteiger partial charge in [0.25, 0.3) is 11.1 Å². The van der Waals surface area contributed by atoms with Gasteiger partial charge in [-0.15, -0.1) is 0 Å². The molecule has 1 heterocycles. The molecule has 5 nitrogen and oxygen atoms in total. The van der Waals surface area contributed by atoms with Crippen LogP contribution in [0, 0.1) is 12.8 Å². The number of nitrogens with zero attached hydrogens (tertiary/aromatic N) is 1. The van der Waals surface area contributed by atoms with Gasteiger partial charge in [-0.25, -0.2) is 0 Å². The molecule has 0 bridgehead atoms. The fourth-order valence-electron chi connectivity index (χ4n) is 2.29. The molecule has 0 unspecified atom stereocenters. The Morgan fingerprint density at radius 1 is 1.30 bits per heavy atom. The van der Waals surface area contributed by atoms with Crippen molar-refractivity contribution in [1.29, 1.82) is 0 Å². The van der Waals surface area contributed by atoms with Gasteiger partial charge in [0.2, 0.25) is 5.91 Å². The Hall–Kier alpha value is -2.08. The summed E-state index contributed by atoms with van der Waals surface area (Å²) in [5, 5.41) is 2.49. The summed E-state index contributed by atoms with van der Waals surface area (Å²) in [6.07, 6.45) is 3.60. The first-order valence-corrected chi connectivity index (χ1v) is 8.46. The van der Waals surface area contributed by atoms with Gasteiger partial charge in [0.05, 0.1) is 4.91 Å².